The van der Waals surface area contributed by atoms with E-state index in [0.717, 1.165) is 34.7 Å². The maximum absolute atomic E-state index is 12.7. The van der Waals surface area contributed by atoms with Crippen molar-refractivity contribution in [3.05, 3.63) is 40.6 Å². The van der Waals surface area contributed by atoms with Crippen LogP contribution in [0.4, 0.5) is 11.4 Å². The zero-order valence-electron chi connectivity index (χ0n) is 17.5. The Balaban J connectivity index is 2.16. The normalized spacial score (nSPS) is 14.9. The van der Waals surface area contributed by atoms with Crippen molar-refractivity contribution in [2.24, 2.45) is 0 Å². The number of likely N-dealkylation sites (N-methyl/N-ethyl adjacent to an activating group) is 1. The lowest BCUT2D eigenvalue weighted by atomic mass is 10.1. The number of aryl methyl sites for hydroxylation is 4. The highest BCUT2D eigenvalue weighted by molar-refractivity contribution is 6.04. The predicted molar refractivity (Wildman–Crippen MR) is 112 cm³/mol. The van der Waals surface area contributed by atoms with Crippen LogP contribution in [0.2, 0.25) is 0 Å². The van der Waals surface area contributed by atoms with Gasteiger partial charge in [-0.05, 0) is 51.3 Å². The second-order valence-corrected chi connectivity index (χ2v) is 7.59. The molecule has 6 heteroatoms. The highest BCUT2D eigenvalue weighted by Crippen LogP contribution is 2.43. The Labute approximate surface area is 166 Å². The van der Waals surface area contributed by atoms with Crippen molar-refractivity contribution in [1.82, 2.24) is 4.98 Å². The maximum Gasteiger partial charge on any atom is 0.246 e. The first-order valence-electron chi connectivity index (χ1n) is 9.68. The Bertz CT molecular complexity index is 883. The summed E-state index contributed by atoms with van der Waals surface area (Å²) in [6.07, 6.45) is 0.737. The van der Waals surface area contributed by atoms with Gasteiger partial charge in [0.1, 0.15) is 11.4 Å². The number of benzene rings is 1. The first-order valence-corrected chi connectivity index (χ1v) is 9.68. The zero-order chi connectivity index (χ0) is 20.6. The lowest BCUT2D eigenvalue weighted by Crippen LogP contribution is -2.49. The molecule has 2 heterocycles. The van der Waals surface area contributed by atoms with Crippen LogP contribution in [-0.2, 0) is 4.79 Å². The summed E-state index contributed by atoms with van der Waals surface area (Å²) in [5.41, 5.74) is 5.54. The van der Waals surface area contributed by atoms with Gasteiger partial charge in [-0.25, -0.2) is 4.98 Å². The molecule has 1 aromatic heterocycles. The van der Waals surface area contributed by atoms with E-state index in [1.807, 2.05) is 38.7 Å². The van der Waals surface area contributed by atoms with E-state index in [2.05, 4.69) is 24.0 Å². The minimum Gasteiger partial charge on any atom is -0.436 e. The van der Waals surface area contributed by atoms with E-state index in [0.29, 0.717) is 11.6 Å². The second kappa shape index (κ2) is 7.80. The van der Waals surface area contributed by atoms with Gasteiger partial charge in [-0.1, -0.05) is 24.6 Å². The van der Waals surface area contributed by atoms with Gasteiger partial charge in [-0.3, -0.25) is 4.79 Å². The van der Waals surface area contributed by atoms with Crippen LogP contribution in [0.3, 0.4) is 0 Å². The van der Waals surface area contributed by atoms with Gasteiger partial charge < -0.3 is 19.6 Å². The number of pyridine rings is 1. The molecule has 1 unspecified atom stereocenters. The summed E-state index contributed by atoms with van der Waals surface area (Å²) >= 11 is 0. The molecule has 1 aliphatic rings. The molecule has 3 rings (SSSR count). The smallest absolute Gasteiger partial charge is 0.246 e. The van der Waals surface area contributed by atoms with Crippen molar-refractivity contribution in [3.63, 3.8) is 0 Å². The van der Waals surface area contributed by atoms with Gasteiger partial charge in [0.05, 0.1) is 24.9 Å². The highest BCUT2D eigenvalue weighted by atomic mass is 16.5. The molecule has 0 fully saturated rings. The average molecular weight is 383 g/mol. The van der Waals surface area contributed by atoms with Gasteiger partial charge in [0, 0.05) is 12.7 Å². The number of carbonyl (C=O) groups is 1. The Morgan fingerprint density at radius 2 is 1.82 bits per heavy atom. The third-order valence-electron chi connectivity index (χ3n) is 5.32. The third-order valence-corrected chi connectivity index (χ3v) is 5.32. The Morgan fingerprint density at radius 1 is 1.18 bits per heavy atom. The highest BCUT2D eigenvalue weighted by Gasteiger charge is 2.34. The molecule has 1 aliphatic heterocycles. The number of aromatic nitrogens is 1. The van der Waals surface area contributed by atoms with Crippen molar-refractivity contribution in [2.45, 2.75) is 47.1 Å². The summed E-state index contributed by atoms with van der Waals surface area (Å²) in [7, 11) is 1.75. The van der Waals surface area contributed by atoms with Crippen LogP contribution in [0.5, 0.6) is 11.6 Å². The monoisotopic (exact) mass is 383 g/mol. The molecular formula is C22H29N3O3. The number of aliphatic hydroxyl groups is 1. The van der Waals surface area contributed by atoms with Gasteiger partial charge in [0.25, 0.3) is 0 Å². The Hall–Kier alpha value is -2.60. The molecule has 0 saturated carbocycles. The van der Waals surface area contributed by atoms with Gasteiger partial charge in [0.15, 0.2) is 0 Å². The van der Waals surface area contributed by atoms with Crippen LogP contribution in [0.1, 0.15) is 35.7 Å². The van der Waals surface area contributed by atoms with Gasteiger partial charge in [0.2, 0.25) is 11.8 Å². The number of anilines is 2. The van der Waals surface area contributed by atoms with E-state index < -0.39 is 0 Å². The first-order chi connectivity index (χ1) is 13.3. The number of amides is 1. The van der Waals surface area contributed by atoms with Crippen LogP contribution in [0.25, 0.3) is 0 Å². The molecule has 1 amide bonds. The minimum absolute atomic E-state index is 0.0132. The summed E-state index contributed by atoms with van der Waals surface area (Å²) < 4.78 is 6.29. The summed E-state index contributed by atoms with van der Waals surface area (Å²) in [5, 5.41) is 9.82. The van der Waals surface area contributed by atoms with E-state index in [9.17, 15) is 9.90 Å². The number of hydrogen-bond donors (Lipinski definition) is 1. The van der Waals surface area contributed by atoms with Gasteiger partial charge in [-0.15, -0.1) is 0 Å². The lowest BCUT2D eigenvalue weighted by molar-refractivity contribution is -0.117. The summed E-state index contributed by atoms with van der Waals surface area (Å²) in [5.74, 6) is 1.13. The fourth-order valence-electron chi connectivity index (χ4n) is 3.89. The summed E-state index contributed by atoms with van der Waals surface area (Å²) in [6.45, 7) is 10.2. The molecular weight excluding hydrogens is 354 g/mol. The van der Waals surface area contributed by atoms with Crippen LogP contribution >= 0.6 is 0 Å². The number of carbonyl (C=O) groups excluding carboxylic acids is 1. The van der Waals surface area contributed by atoms with Gasteiger partial charge >= 0.3 is 0 Å². The molecule has 0 spiro atoms. The van der Waals surface area contributed by atoms with Crippen molar-refractivity contribution in [3.8, 4) is 11.6 Å². The van der Waals surface area contributed by atoms with E-state index in [4.69, 9.17) is 4.74 Å². The van der Waals surface area contributed by atoms with Crippen LogP contribution in [-0.4, -0.2) is 42.2 Å². The molecule has 0 radical (unpaired) electrons. The average Bonchev–Trinajstić information content (AvgIpc) is 2.62. The quantitative estimate of drug-likeness (QED) is 0.854. The molecule has 2 aromatic rings. The third kappa shape index (κ3) is 3.56. The second-order valence-electron chi connectivity index (χ2n) is 7.59. The topological polar surface area (TPSA) is 65.9 Å². The van der Waals surface area contributed by atoms with Crippen molar-refractivity contribution < 1.29 is 14.6 Å². The lowest BCUT2D eigenvalue weighted by Gasteiger charge is -2.40. The number of rotatable bonds is 5. The van der Waals surface area contributed by atoms with E-state index in [-0.39, 0.29) is 25.1 Å². The number of fused-ring (bicyclic) bond motifs is 1. The molecule has 6 nitrogen and oxygen atoms in total. The van der Waals surface area contributed by atoms with Crippen LogP contribution < -0.4 is 14.5 Å². The van der Waals surface area contributed by atoms with Crippen molar-refractivity contribution >= 4 is 17.3 Å². The molecule has 1 aromatic carbocycles. The van der Waals surface area contributed by atoms with Crippen LogP contribution in [0.15, 0.2) is 18.2 Å². The van der Waals surface area contributed by atoms with Gasteiger partial charge in [-0.2, -0.15) is 0 Å². The molecule has 0 aliphatic carbocycles. The molecule has 28 heavy (non-hydrogen) atoms. The predicted octanol–water partition coefficient (Wildman–Crippen LogP) is 3.66. The number of ether oxygens (including phenoxy) is 1. The Kier molecular flexibility index (Phi) is 5.61. The van der Waals surface area contributed by atoms with Crippen LogP contribution in [0, 0.1) is 27.7 Å². The first kappa shape index (κ1) is 20.1. The van der Waals surface area contributed by atoms with E-state index in [1.54, 1.807) is 11.9 Å². The molecule has 1 N–H and O–H groups in total. The minimum atomic E-state index is -0.131. The maximum atomic E-state index is 12.7. The number of hydrogen-bond acceptors (Lipinski definition) is 5. The largest absolute Gasteiger partial charge is 0.436 e. The summed E-state index contributed by atoms with van der Waals surface area (Å²) in [6, 6.07) is 5.97. The number of aliphatic hydroxyl groups excluding tert-OH is 1. The SMILES string of the molecule is CCC(CO)N1CC(=O)N(C)c2c1cc(C)nc2Oc1c(C)cc(C)cc1C. The Morgan fingerprint density at radius 3 is 2.39 bits per heavy atom. The zero-order valence-corrected chi connectivity index (χ0v) is 17.5. The standard InChI is InChI=1S/C22H29N3O3/c1-7-17(12-26)25-11-19(27)24(6)20-18(25)10-16(5)23-22(20)28-21-14(3)8-13(2)9-15(21)4/h8-10,17,26H,7,11-12H2,1-6H3. The van der Waals surface area contributed by atoms with Crippen molar-refractivity contribution in [2.75, 3.05) is 30.0 Å². The summed E-state index contributed by atoms with van der Waals surface area (Å²) in [4.78, 5) is 20.9. The fraction of sp³-hybridized carbons (Fsp3) is 0.455. The van der Waals surface area contributed by atoms with E-state index in [1.165, 1.54) is 5.56 Å². The molecule has 0 bridgehead atoms. The fourth-order valence-corrected chi connectivity index (χ4v) is 3.89. The van der Waals surface area contributed by atoms with Crippen molar-refractivity contribution in [1.29, 1.82) is 0 Å². The van der Waals surface area contributed by atoms with E-state index >= 15 is 0 Å². The molecule has 1 atom stereocenters. The number of nitrogens with zero attached hydrogens (tertiary/aromatic N) is 3. The molecule has 0 saturated heterocycles. The molecule has 150 valence electrons.